The third kappa shape index (κ3) is 2.45. The molecule has 1 aliphatic rings. The third-order valence-corrected chi connectivity index (χ3v) is 3.60. The van der Waals surface area contributed by atoms with Gasteiger partial charge in [0.15, 0.2) is 0 Å². The number of nitrogen functional groups attached to an aromatic ring is 2. The number of anilines is 3. The first-order valence-corrected chi connectivity index (χ1v) is 6.52. The van der Waals surface area contributed by atoms with Crippen molar-refractivity contribution >= 4 is 23.4 Å². The number of fused-ring (bicyclic) bond motifs is 1. The van der Waals surface area contributed by atoms with Gasteiger partial charge in [-0.1, -0.05) is 0 Å². The molecule has 0 amide bonds. The number of rotatable bonds is 3. The summed E-state index contributed by atoms with van der Waals surface area (Å²) in [4.78, 5) is 21.0. The molecular weight excluding hydrogens is 270 g/mol. The summed E-state index contributed by atoms with van der Waals surface area (Å²) in [5, 5.41) is 9.02. The number of hydrogen-bond donors (Lipinski definition) is 3. The maximum Gasteiger partial charge on any atom is 0.335 e. The summed E-state index contributed by atoms with van der Waals surface area (Å²) in [6, 6.07) is 5.17. The summed E-state index contributed by atoms with van der Waals surface area (Å²) in [7, 11) is 0. The topological polar surface area (TPSA) is 118 Å². The second-order valence-corrected chi connectivity index (χ2v) is 4.96. The summed E-state index contributed by atoms with van der Waals surface area (Å²) in [5.74, 6) is -0.380. The van der Waals surface area contributed by atoms with E-state index in [0.717, 1.165) is 29.8 Å². The highest BCUT2D eigenvalue weighted by atomic mass is 16.4. The van der Waals surface area contributed by atoms with E-state index >= 15 is 0 Å². The molecule has 0 spiro atoms. The number of carboxylic acids is 1. The van der Waals surface area contributed by atoms with Crippen molar-refractivity contribution in [2.24, 2.45) is 0 Å². The van der Waals surface area contributed by atoms with Crippen LogP contribution in [0.5, 0.6) is 0 Å². The Hall–Kier alpha value is -2.83. The number of nitrogens with zero attached hydrogens (tertiary/aromatic N) is 3. The van der Waals surface area contributed by atoms with Gasteiger partial charge in [-0.05, 0) is 30.2 Å². The highest BCUT2D eigenvalue weighted by Crippen LogP contribution is 2.30. The van der Waals surface area contributed by atoms with Crippen molar-refractivity contribution in [1.29, 1.82) is 0 Å². The Labute approximate surface area is 121 Å². The molecule has 0 bridgehead atoms. The molecule has 1 aliphatic heterocycles. The molecule has 7 heteroatoms. The Kier molecular flexibility index (Phi) is 3.09. The Morgan fingerprint density at radius 2 is 2.19 bits per heavy atom. The number of nitrogens with two attached hydrogens (primary N) is 2. The highest BCUT2D eigenvalue weighted by molar-refractivity contribution is 5.88. The number of hydrogen-bond acceptors (Lipinski definition) is 6. The van der Waals surface area contributed by atoms with Crippen LogP contribution < -0.4 is 16.4 Å². The maximum atomic E-state index is 11.0. The van der Waals surface area contributed by atoms with Gasteiger partial charge >= 0.3 is 5.97 Å². The molecule has 3 rings (SSSR count). The predicted molar refractivity (Wildman–Crippen MR) is 79.0 cm³/mol. The van der Waals surface area contributed by atoms with Gasteiger partial charge in [0.2, 0.25) is 5.95 Å². The average Bonchev–Trinajstić information content (AvgIpc) is 2.84. The van der Waals surface area contributed by atoms with E-state index in [9.17, 15) is 4.79 Å². The zero-order valence-electron chi connectivity index (χ0n) is 11.3. The van der Waals surface area contributed by atoms with Gasteiger partial charge in [-0.15, -0.1) is 0 Å². The van der Waals surface area contributed by atoms with E-state index < -0.39 is 5.97 Å². The van der Waals surface area contributed by atoms with Crippen molar-refractivity contribution in [2.45, 2.75) is 13.0 Å². The van der Waals surface area contributed by atoms with E-state index in [1.165, 1.54) is 0 Å². The van der Waals surface area contributed by atoms with Crippen molar-refractivity contribution in [2.75, 3.05) is 22.9 Å². The lowest BCUT2D eigenvalue weighted by molar-refractivity contribution is 0.0697. The highest BCUT2D eigenvalue weighted by Gasteiger charge is 2.21. The largest absolute Gasteiger partial charge is 0.478 e. The lowest BCUT2D eigenvalue weighted by atomic mass is 10.1. The zero-order valence-corrected chi connectivity index (χ0v) is 11.3. The maximum absolute atomic E-state index is 11.0. The van der Waals surface area contributed by atoms with Crippen LogP contribution in [0.15, 0.2) is 24.4 Å². The van der Waals surface area contributed by atoms with Crippen LogP contribution in [0.1, 0.15) is 21.5 Å². The number of carbonyl (C=O) groups is 1. The molecule has 0 radical (unpaired) electrons. The van der Waals surface area contributed by atoms with Crippen LogP contribution in [0.3, 0.4) is 0 Å². The fraction of sp³-hybridized carbons (Fsp3) is 0.214. The first-order chi connectivity index (χ1) is 10.0. The van der Waals surface area contributed by atoms with Crippen LogP contribution in [0.25, 0.3) is 0 Å². The second-order valence-electron chi connectivity index (χ2n) is 4.96. The van der Waals surface area contributed by atoms with E-state index in [4.69, 9.17) is 16.6 Å². The Morgan fingerprint density at radius 1 is 1.38 bits per heavy atom. The van der Waals surface area contributed by atoms with E-state index in [-0.39, 0.29) is 5.95 Å². The van der Waals surface area contributed by atoms with Gasteiger partial charge in [-0.25, -0.2) is 9.78 Å². The fourth-order valence-electron chi connectivity index (χ4n) is 2.53. The third-order valence-electron chi connectivity index (χ3n) is 3.60. The summed E-state index contributed by atoms with van der Waals surface area (Å²) >= 11 is 0. The van der Waals surface area contributed by atoms with Crippen LogP contribution in [-0.2, 0) is 13.0 Å². The van der Waals surface area contributed by atoms with Crippen LogP contribution >= 0.6 is 0 Å². The molecule has 108 valence electrons. The Morgan fingerprint density at radius 3 is 2.90 bits per heavy atom. The molecule has 1 aromatic carbocycles. The molecule has 1 aromatic heterocycles. The van der Waals surface area contributed by atoms with Gasteiger partial charge in [0, 0.05) is 30.5 Å². The monoisotopic (exact) mass is 285 g/mol. The zero-order chi connectivity index (χ0) is 15.0. The van der Waals surface area contributed by atoms with Crippen molar-refractivity contribution in [3.05, 3.63) is 41.1 Å². The second kappa shape index (κ2) is 4.93. The number of aromatic carboxylic acids is 1. The first-order valence-electron chi connectivity index (χ1n) is 6.52. The van der Waals surface area contributed by atoms with E-state index in [1.807, 2.05) is 6.07 Å². The number of benzene rings is 1. The first kappa shape index (κ1) is 13.2. The van der Waals surface area contributed by atoms with Gasteiger partial charge in [-0.2, -0.15) is 4.98 Å². The molecule has 5 N–H and O–H groups in total. The van der Waals surface area contributed by atoms with Crippen LogP contribution in [-0.4, -0.2) is 27.6 Å². The molecule has 0 unspecified atom stereocenters. The number of aromatic nitrogens is 2. The Bertz CT molecular complexity index is 717. The van der Waals surface area contributed by atoms with E-state index in [1.54, 1.807) is 18.3 Å². The lowest BCUT2D eigenvalue weighted by Crippen LogP contribution is -2.21. The standard InChI is InChI=1S/C14H15N5O2/c15-12-10(6-17-14(16)18-12)7-19-4-3-8-5-9(13(20)21)1-2-11(8)19/h1-2,5-6H,3-4,7H2,(H,20,21)(H4,15,16,17,18). The van der Waals surface area contributed by atoms with Crippen LogP contribution in [0.2, 0.25) is 0 Å². The quantitative estimate of drug-likeness (QED) is 0.766. The van der Waals surface area contributed by atoms with Crippen molar-refractivity contribution < 1.29 is 9.90 Å². The Balaban J connectivity index is 1.86. The molecule has 0 saturated heterocycles. The van der Waals surface area contributed by atoms with Gasteiger partial charge in [0.05, 0.1) is 5.56 Å². The minimum absolute atomic E-state index is 0.157. The summed E-state index contributed by atoms with van der Waals surface area (Å²) in [6.45, 7) is 1.38. The van der Waals surface area contributed by atoms with Gasteiger partial charge in [0.25, 0.3) is 0 Å². The minimum atomic E-state index is -0.910. The minimum Gasteiger partial charge on any atom is -0.478 e. The van der Waals surface area contributed by atoms with Crippen molar-refractivity contribution in [1.82, 2.24) is 9.97 Å². The van der Waals surface area contributed by atoms with E-state index in [2.05, 4.69) is 14.9 Å². The molecule has 0 aliphatic carbocycles. The lowest BCUT2D eigenvalue weighted by Gasteiger charge is -2.20. The smallest absolute Gasteiger partial charge is 0.335 e. The molecule has 0 fully saturated rings. The van der Waals surface area contributed by atoms with Crippen molar-refractivity contribution in [3.63, 3.8) is 0 Å². The summed E-state index contributed by atoms with van der Waals surface area (Å²) in [6.07, 6.45) is 2.44. The van der Waals surface area contributed by atoms with E-state index in [0.29, 0.717) is 17.9 Å². The molecule has 7 nitrogen and oxygen atoms in total. The average molecular weight is 285 g/mol. The normalized spacial score (nSPS) is 13.2. The molecule has 2 heterocycles. The predicted octanol–water partition coefficient (Wildman–Crippen LogP) is 0.902. The van der Waals surface area contributed by atoms with Crippen molar-refractivity contribution in [3.8, 4) is 0 Å². The fourth-order valence-corrected chi connectivity index (χ4v) is 2.53. The van der Waals surface area contributed by atoms with Crippen LogP contribution in [0, 0.1) is 0 Å². The number of carboxylic acid groups (broad SMARTS) is 1. The molecule has 0 atom stereocenters. The van der Waals surface area contributed by atoms with Crippen LogP contribution in [0.4, 0.5) is 17.5 Å². The van der Waals surface area contributed by atoms with Gasteiger partial charge in [0.1, 0.15) is 5.82 Å². The SMILES string of the molecule is Nc1ncc(CN2CCc3cc(C(=O)O)ccc32)c(N)n1. The molecule has 0 saturated carbocycles. The van der Waals surface area contributed by atoms with Gasteiger partial charge < -0.3 is 21.5 Å². The molecular formula is C14H15N5O2. The summed E-state index contributed by atoms with van der Waals surface area (Å²) < 4.78 is 0. The summed E-state index contributed by atoms with van der Waals surface area (Å²) in [5.41, 5.74) is 14.5. The molecule has 21 heavy (non-hydrogen) atoms. The molecule has 2 aromatic rings. The van der Waals surface area contributed by atoms with Gasteiger partial charge in [-0.3, -0.25) is 0 Å².